The van der Waals surface area contributed by atoms with Crippen LogP contribution in [0.3, 0.4) is 0 Å². The van der Waals surface area contributed by atoms with Gasteiger partial charge in [-0.2, -0.15) is 10.2 Å². The van der Waals surface area contributed by atoms with Crippen LogP contribution in [0.4, 0.5) is 0 Å². The first kappa shape index (κ1) is 13.5. The fraction of sp³-hybridized carbons (Fsp3) is 0.154. The summed E-state index contributed by atoms with van der Waals surface area (Å²) < 4.78 is 0.966. The molecule has 98 valence electrons. The molecule has 0 spiro atoms. The molecule has 0 saturated heterocycles. The largest absolute Gasteiger partial charge is 0.291 e. The van der Waals surface area contributed by atoms with Crippen LogP contribution in [0, 0.1) is 6.92 Å². The lowest BCUT2D eigenvalue weighted by molar-refractivity contribution is 0.0950. The van der Waals surface area contributed by atoms with Gasteiger partial charge in [-0.3, -0.25) is 9.89 Å². The first-order chi connectivity index (χ1) is 9.06. The zero-order chi connectivity index (χ0) is 13.8. The summed E-state index contributed by atoms with van der Waals surface area (Å²) in [6.45, 7) is 3.66. The summed E-state index contributed by atoms with van der Waals surface area (Å²) >= 11 is 3.39. The number of hydrogen-bond donors (Lipinski definition) is 2. The molecule has 0 fully saturated rings. The Labute approximate surface area is 119 Å². The Hall–Kier alpha value is -1.95. The van der Waals surface area contributed by atoms with Gasteiger partial charge < -0.3 is 0 Å². The number of rotatable bonds is 3. The smallest absolute Gasteiger partial charge is 0.282 e. The third-order valence-electron chi connectivity index (χ3n) is 2.51. The van der Waals surface area contributed by atoms with Gasteiger partial charge in [0, 0.05) is 10.2 Å². The summed E-state index contributed by atoms with van der Waals surface area (Å²) in [4.78, 5) is 11.8. The Morgan fingerprint density at radius 1 is 1.42 bits per heavy atom. The minimum Gasteiger partial charge on any atom is -0.282 e. The molecule has 0 atom stereocenters. The van der Waals surface area contributed by atoms with Gasteiger partial charge in [-0.05, 0) is 37.6 Å². The van der Waals surface area contributed by atoms with Crippen molar-refractivity contribution in [3.8, 4) is 0 Å². The molecule has 2 aromatic rings. The van der Waals surface area contributed by atoms with Crippen LogP contribution in [0.2, 0.25) is 0 Å². The van der Waals surface area contributed by atoms with Gasteiger partial charge in [0.1, 0.15) is 0 Å². The van der Waals surface area contributed by atoms with Gasteiger partial charge in [0.25, 0.3) is 5.91 Å². The van der Waals surface area contributed by atoms with Crippen LogP contribution < -0.4 is 5.43 Å². The lowest BCUT2D eigenvalue weighted by Crippen LogP contribution is -2.19. The SMILES string of the molecule is C/C(=N\NC(=O)c1cc(C)[nH]n1)c1cccc(Br)c1. The van der Waals surface area contributed by atoms with Crippen LogP contribution in [0.1, 0.15) is 28.7 Å². The Balaban J connectivity index is 2.08. The molecule has 0 saturated carbocycles. The van der Waals surface area contributed by atoms with E-state index in [2.05, 4.69) is 36.7 Å². The first-order valence-electron chi connectivity index (χ1n) is 5.69. The van der Waals surface area contributed by atoms with E-state index >= 15 is 0 Å². The van der Waals surface area contributed by atoms with E-state index in [0.717, 1.165) is 21.4 Å². The Morgan fingerprint density at radius 3 is 2.84 bits per heavy atom. The third kappa shape index (κ3) is 3.51. The molecule has 1 aromatic heterocycles. The van der Waals surface area contributed by atoms with E-state index in [-0.39, 0.29) is 5.91 Å². The average Bonchev–Trinajstić information content (AvgIpc) is 2.82. The Bertz CT molecular complexity index is 633. The fourth-order valence-corrected chi connectivity index (χ4v) is 1.90. The summed E-state index contributed by atoms with van der Waals surface area (Å²) in [5.74, 6) is -0.335. The number of carbonyl (C=O) groups is 1. The maximum absolute atomic E-state index is 11.8. The van der Waals surface area contributed by atoms with Gasteiger partial charge in [-0.1, -0.05) is 28.1 Å². The molecule has 0 aliphatic rings. The summed E-state index contributed by atoms with van der Waals surface area (Å²) in [7, 11) is 0. The van der Waals surface area contributed by atoms with Crippen LogP contribution in [-0.4, -0.2) is 21.8 Å². The quantitative estimate of drug-likeness (QED) is 0.674. The molecule has 0 bridgehead atoms. The number of hydrazone groups is 1. The van der Waals surface area contributed by atoms with Crippen molar-refractivity contribution in [1.82, 2.24) is 15.6 Å². The number of amides is 1. The van der Waals surface area contributed by atoms with Crippen molar-refractivity contribution in [2.45, 2.75) is 13.8 Å². The summed E-state index contributed by atoms with van der Waals surface area (Å²) in [5.41, 5.74) is 5.30. The molecule has 0 radical (unpaired) electrons. The maximum atomic E-state index is 11.8. The summed E-state index contributed by atoms with van der Waals surface area (Å²) in [5, 5.41) is 10.6. The van der Waals surface area contributed by atoms with Crippen molar-refractivity contribution in [3.05, 3.63) is 51.8 Å². The molecule has 0 unspecified atom stereocenters. The highest BCUT2D eigenvalue weighted by Crippen LogP contribution is 2.12. The topological polar surface area (TPSA) is 70.1 Å². The predicted molar refractivity (Wildman–Crippen MR) is 77.1 cm³/mol. The number of halogens is 1. The molecule has 1 aromatic carbocycles. The zero-order valence-electron chi connectivity index (χ0n) is 10.6. The zero-order valence-corrected chi connectivity index (χ0v) is 12.2. The number of aromatic amines is 1. The number of H-pyrrole nitrogens is 1. The second kappa shape index (κ2) is 5.79. The Kier molecular flexibility index (Phi) is 4.11. The van der Waals surface area contributed by atoms with E-state index in [9.17, 15) is 4.79 Å². The molecular formula is C13H13BrN4O. The third-order valence-corrected chi connectivity index (χ3v) is 3.00. The number of aryl methyl sites for hydroxylation is 1. The van der Waals surface area contributed by atoms with Gasteiger partial charge in [0.05, 0.1) is 5.71 Å². The van der Waals surface area contributed by atoms with Crippen LogP contribution >= 0.6 is 15.9 Å². The van der Waals surface area contributed by atoms with E-state index in [1.54, 1.807) is 6.07 Å². The van der Waals surface area contributed by atoms with Gasteiger partial charge in [0.15, 0.2) is 5.69 Å². The molecule has 19 heavy (non-hydrogen) atoms. The monoisotopic (exact) mass is 320 g/mol. The van der Waals surface area contributed by atoms with Gasteiger partial charge in [-0.15, -0.1) is 0 Å². The number of benzene rings is 1. The van der Waals surface area contributed by atoms with E-state index in [4.69, 9.17) is 0 Å². The van der Waals surface area contributed by atoms with Crippen LogP contribution in [0.15, 0.2) is 39.9 Å². The molecule has 1 amide bonds. The predicted octanol–water partition coefficient (Wildman–Crippen LogP) is 2.63. The molecule has 0 aliphatic heterocycles. The highest BCUT2D eigenvalue weighted by atomic mass is 79.9. The van der Waals surface area contributed by atoms with E-state index in [1.807, 2.05) is 38.1 Å². The van der Waals surface area contributed by atoms with Crippen LogP contribution in [0.5, 0.6) is 0 Å². The number of nitrogens with one attached hydrogen (secondary N) is 2. The second-order valence-electron chi connectivity index (χ2n) is 4.08. The maximum Gasteiger partial charge on any atom is 0.291 e. The van der Waals surface area contributed by atoms with Crippen molar-refractivity contribution in [1.29, 1.82) is 0 Å². The minimum absolute atomic E-state index is 0.322. The van der Waals surface area contributed by atoms with Crippen molar-refractivity contribution < 1.29 is 4.79 Å². The van der Waals surface area contributed by atoms with E-state index in [0.29, 0.717) is 5.69 Å². The lowest BCUT2D eigenvalue weighted by atomic mass is 10.1. The van der Waals surface area contributed by atoms with Gasteiger partial charge in [0.2, 0.25) is 0 Å². The van der Waals surface area contributed by atoms with Crippen LogP contribution in [0.25, 0.3) is 0 Å². The molecule has 6 heteroatoms. The summed E-state index contributed by atoms with van der Waals surface area (Å²) in [6, 6.07) is 9.37. The molecule has 2 N–H and O–H groups in total. The number of hydrogen-bond acceptors (Lipinski definition) is 3. The average molecular weight is 321 g/mol. The van der Waals surface area contributed by atoms with Crippen molar-refractivity contribution >= 4 is 27.5 Å². The van der Waals surface area contributed by atoms with Gasteiger partial charge >= 0.3 is 0 Å². The van der Waals surface area contributed by atoms with Crippen LogP contribution in [-0.2, 0) is 0 Å². The highest BCUT2D eigenvalue weighted by Gasteiger charge is 2.08. The van der Waals surface area contributed by atoms with Crippen molar-refractivity contribution in [2.75, 3.05) is 0 Å². The standard InChI is InChI=1S/C13H13BrN4O/c1-8-6-12(17-15-8)13(19)18-16-9(2)10-4-3-5-11(14)7-10/h3-7H,1-2H3,(H,15,17)(H,18,19)/b16-9+. The van der Waals surface area contributed by atoms with Gasteiger partial charge in [-0.25, -0.2) is 5.43 Å². The molecule has 5 nitrogen and oxygen atoms in total. The minimum atomic E-state index is -0.335. The Morgan fingerprint density at radius 2 is 2.21 bits per heavy atom. The molecule has 2 rings (SSSR count). The lowest BCUT2D eigenvalue weighted by Gasteiger charge is -2.02. The number of carbonyl (C=O) groups excluding carboxylic acids is 1. The summed E-state index contributed by atoms with van der Waals surface area (Å²) in [6.07, 6.45) is 0. The second-order valence-corrected chi connectivity index (χ2v) is 5.00. The number of nitrogens with zero attached hydrogens (tertiary/aromatic N) is 2. The molecular weight excluding hydrogens is 308 g/mol. The van der Waals surface area contributed by atoms with Crippen molar-refractivity contribution in [2.24, 2.45) is 5.10 Å². The normalized spacial score (nSPS) is 11.4. The van der Waals surface area contributed by atoms with E-state index < -0.39 is 0 Å². The fourth-order valence-electron chi connectivity index (χ4n) is 1.50. The van der Waals surface area contributed by atoms with Crippen molar-refractivity contribution in [3.63, 3.8) is 0 Å². The molecule has 0 aliphatic carbocycles. The first-order valence-corrected chi connectivity index (χ1v) is 6.48. The number of aromatic nitrogens is 2. The van der Waals surface area contributed by atoms with E-state index in [1.165, 1.54) is 0 Å². The highest BCUT2D eigenvalue weighted by molar-refractivity contribution is 9.10. The molecule has 1 heterocycles.